The highest BCUT2D eigenvalue weighted by molar-refractivity contribution is 6.99. The molecule has 0 saturated carbocycles. The van der Waals surface area contributed by atoms with Gasteiger partial charge in [-0.25, -0.2) is 4.79 Å². The topological polar surface area (TPSA) is 140 Å². The van der Waals surface area contributed by atoms with E-state index in [1.807, 2.05) is 12.1 Å². The highest BCUT2D eigenvalue weighted by atomic mass is 28.4. The largest absolute Gasteiger partial charge is 0.460 e. The molecule has 0 saturated heterocycles. The van der Waals surface area contributed by atoms with Crippen LogP contribution in [0.25, 0.3) is 0 Å². The number of hydrogen-bond acceptors (Lipinski definition) is 14. The van der Waals surface area contributed by atoms with Crippen molar-refractivity contribution in [1.29, 1.82) is 0 Å². The monoisotopic (exact) mass is 1000 g/mol. The number of halogens is 3. The highest BCUT2D eigenvalue weighted by Gasteiger charge is 2.50. The zero-order chi connectivity index (χ0) is 50.0. The molecule has 0 aliphatic carbocycles. The molecule has 4 rings (SSSR count). The Morgan fingerprint density at radius 1 is 0.443 bits per heavy atom. The van der Waals surface area contributed by atoms with Gasteiger partial charge in [-0.05, 0) is 45.7 Å². The van der Waals surface area contributed by atoms with E-state index in [-0.39, 0.29) is 29.5 Å². The Labute approximate surface area is 412 Å². The minimum absolute atomic E-state index is 0.00648. The van der Waals surface area contributed by atoms with E-state index >= 15 is 0 Å². The lowest BCUT2D eigenvalue weighted by atomic mass is 10.1. The fraction of sp³-hybridized carbons (Fsp3) is 0.519. The number of nitrogens with one attached hydrogen (secondary N) is 1. The van der Waals surface area contributed by atoms with Crippen LogP contribution in [0.4, 0.5) is 24.5 Å². The van der Waals surface area contributed by atoms with Crippen molar-refractivity contribution in [1.82, 2.24) is 0 Å². The standard InChI is InChI=1S/C52H72F3NO13Si/c1-51(2,3)70(46-15-6-4-7-16-46,47-17-8-5-9-18-47)69-42-40-67-38-36-65-34-32-63-30-28-61-26-24-59-22-21-58-23-25-60-27-29-62-31-33-64-35-37-66-39-41-68-50(57)48-19-10-11-20-49(48)56-45-14-12-13-44(43-45)52(53,54)55/h4-20,43,56H,21-42H2,1-3H3. The number of esters is 1. The second-order valence-electron chi connectivity index (χ2n) is 16.5. The number of ether oxygens (including phenoxy) is 11. The fourth-order valence-electron chi connectivity index (χ4n) is 7.07. The van der Waals surface area contributed by atoms with Crippen LogP contribution in [0.1, 0.15) is 36.7 Å². The first-order valence-electron chi connectivity index (χ1n) is 23.8. The Kier molecular flexibility index (Phi) is 28.4. The van der Waals surface area contributed by atoms with Crippen LogP contribution in [0, 0.1) is 0 Å². The molecule has 0 aliphatic rings. The van der Waals surface area contributed by atoms with Crippen LogP contribution in [0.5, 0.6) is 0 Å². The number of carbonyl (C=O) groups is 1. The van der Waals surface area contributed by atoms with E-state index in [0.29, 0.717) is 138 Å². The molecule has 0 fully saturated rings. The molecule has 0 aliphatic heterocycles. The Morgan fingerprint density at radius 3 is 1.19 bits per heavy atom. The summed E-state index contributed by atoms with van der Waals surface area (Å²) in [5, 5.41) is 5.29. The fourth-order valence-corrected chi connectivity index (χ4v) is 11.6. The number of rotatable bonds is 39. The molecule has 0 aromatic heterocycles. The number of hydrogen-bond donors (Lipinski definition) is 1. The molecule has 0 amide bonds. The van der Waals surface area contributed by atoms with E-state index in [1.54, 1.807) is 18.2 Å². The Balaban J connectivity index is 0.839. The zero-order valence-electron chi connectivity index (χ0n) is 40.9. The zero-order valence-corrected chi connectivity index (χ0v) is 41.9. The summed E-state index contributed by atoms with van der Waals surface area (Å²) in [6.07, 6.45) is -4.48. The summed E-state index contributed by atoms with van der Waals surface area (Å²) in [6, 6.07) is 32.3. The maximum absolute atomic E-state index is 13.1. The third-order valence-electron chi connectivity index (χ3n) is 10.4. The Bertz CT molecular complexity index is 1920. The molecule has 0 spiro atoms. The van der Waals surface area contributed by atoms with Crippen molar-refractivity contribution in [3.63, 3.8) is 0 Å². The molecular weight excluding hydrogens is 932 g/mol. The van der Waals surface area contributed by atoms with Gasteiger partial charge in [0.15, 0.2) is 0 Å². The van der Waals surface area contributed by atoms with Gasteiger partial charge in [0.25, 0.3) is 8.32 Å². The van der Waals surface area contributed by atoms with Gasteiger partial charge in [-0.15, -0.1) is 0 Å². The Morgan fingerprint density at radius 2 is 0.800 bits per heavy atom. The molecule has 0 atom stereocenters. The van der Waals surface area contributed by atoms with E-state index in [4.69, 9.17) is 56.5 Å². The number of para-hydroxylation sites is 1. The molecule has 388 valence electrons. The molecule has 4 aromatic rings. The van der Waals surface area contributed by atoms with Crippen molar-refractivity contribution in [2.75, 3.05) is 151 Å². The van der Waals surface area contributed by atoms with Crippen LogP contribution < -0.4 is 15.7 Å². The first-order chi connectivity index (χ1) is 34.0. The number of carbonyl (C=O) groups excluding carboxylic acids is 1. The molecular formula is C52H72F3NO13Si. The smallest absolute Gasteiger partial charge is 0.416 e. The van der Waals surface area contributed by atoms with E-state index in [0.717, 1.165) is 12.1 Å². The van der Waals surface area contributed by atoms with Crippen molar-refractivity contribution >= 4 is 36.0 Å². The molecule has 4 aromatic carbocycles. The molecule has 70 heavy (non-hydrogen) atoms. The van der Waals surface area contributed by atoms with Gasteiger partial charge in [-0.3, -0.25) is 0 Å². The lowest BCUT2D eigenvalue weighted by molar-refractivity contribution is -0.137. The first-order valence-corrected chi connectivity index (χ1v) is 25.7. The lowest BCUT2D eigenvalue weighted by Crippen LogP contribution is -2.66. The molecule has 1 N–H and O–H groups in total. The third-order valence-corrected chi connectivity index (χ3v) is 15.4. The van der Waals surface area contributed by atoms with Crippen LogP contribution >= 0.6 is 0 Å². The molecule has 18 heteroatoms. The summed E-state index contributed by atoms with van der Waals surface area (Å²) in [5.41, 5.74) is -0.0990. The van der Waals surface area contributed by atoms with Crippen LogP contribution in [-0.2, 0) is 62.7 Å². The van der Waals surface area contributed by atoms with Crippen molar-refractivity contribution in [2.45, 2.75) is 32.0 Å². The van der Waals surface area contributed by atoms with Crippen molar-refractivity contribution in [3.05, 3.63) is 120 Å². The summed E-state index contributed by atoms with van der Waals surface area (Å²) in [4.78, 5) is 12.6. The van der Waals surface area contributed by atoms with E-state index in [2.05, 4.69) is 74.6 Å². The minimum atomic E-state index is -4.48. The van der Waals surface area contributed by atoms with Crippen molar-refractivity contribution in [3.8, 4) is 0 Å². The number of alkyl halides is 3. The van der Waals surface area contributed by atoms with Crippen LogP contribution in [-0.4, -0.2) is 160 Å². The second-order valence-corrected chi connectivity index (χ2v) is 20.8. The highest BCUT2D eigenvalue weighted by Crippen LogP contribution is 2.37. The third kappa shape index (κ3) is 22.4. The van der Waals surface area contributed by atoms with Gasteiger partial charge < -0.3 is 61.8 Å². The quantitative estimate of drug-likeness (QED) is 0.0271. The van der Waals surface area contributed by atoms with Gasteiger partial charge in [0.2, 0.25) is 0 Å². The number of anilines is 2. The van der Waals surface area contributed by atoms with E-state index in [9.17, 15) is 18.0 Å². The van der Waals surface area contributed by atoms with Gasteiger partial charge in [-0.2, -0.15) is 13.2 Å². The van der Waals surface area contributed by atoms with Crippen LogP contribution in [0.3, 0.4) is 0 Å². The molecule has 14 nitrogen and oxygen atoms in total. The van der Waals surface area contributed by atoms with Gasteiger partial charge in [0.1, 0.15) is 6.61 Å². The summed E-state index contributed by atoms with van der Waals surface area (Å²) in [7, 11) is -2.56. The average Bonchev–Trinajstić information content (AvgIpc) is 3.35. The molecule has 0 bridgehead atoms. The molecule has 0 unspecified atom stereocenters. The average molecular weight is 1000 g/mol. The van der Waals surface area contributed by atoms with Gasteiger partial charge in [0.05, 0.1) is 156 Å². The van der Waals surface area contributed by atoms with Crippen LogP contribution in [0.15, 0.2) is 109 Å². The SMILES string of the molecule is CC(C)(C)[Si](OCCOCCOCCOCCOCCOCCOCCOCCOCCOCCOCCOC(=O)c1ccccc1Nc1cccc(C(F)(F)F)c1)(c1ccccc1)c1ccccc1. The Hall–Kier alpha value is -4.28. The summed E-state index contributed by atoms with van der Waals surface area (Å²) in [6.45, 7) is 15.8. The van der Waals surface area contributed by atoms with E-state index < -0.39 is 26.0 Å². The normalized spacial score (nSPS) is 12.1. The second kappa shape index (κ2) is 34.1. The summed E-state index contributed by atoms with van der Waals surface area (Å²) in [5.74, 6) is -0.631. The molecule has 0 heterocycles. The van der Waals surface area contributed by atoms with Gasteiger partial charge in [0, 0.05) is 5.69 Å². The van der Waals surface area contributed by atoms with Crippen molar-refractivity contribution in [2.24, 2.45) is 0 Å². The van der Waals surface area contributed by atoms with Crippen molar-refractivity contribution < 1.29 is 74.5 Å². The number of benzene rings is 4. The molecule has 0 radical (unpaired) electrons. The summed E-state index contributed by atoms with van der Waals surface area (Å²) < 4.78 is 107. The maximum atomic E-state index is 13.1. The summed E-state index contributed by atoms with van der Waals surface area (Å²) >= 11 is 0. The first kappa shape index (κ1) is 58.3. The van der Waals surface area contributed by atoms with E-state index in [1.165, 1.54) is 28.6 Å². The predicted octanol–water partition coefficient (Wildman–Crippen LogP) is 7.35. The van der Waals surface area contributed by atoms with Gasteiger partial charge in [-0.1, -0.05) is 99.6 Å². The maximum Gasteiger partial charge on any atom is 0.416 e. The van der Waals surface area contributed by atoms with Gasteiger partial charge >= 0.3 is 12.1 Å². The van der Waals surface area contributed by atoms with Crippen LogP contribution in [0.2, 0.25) is 5.04 Å². The minimum Gasteiger partial charge on any atom is -0.460 e. The predicted molar refractivity (Wildman–Crippen MR) is 263 cm³/mol. The lowest BCUT2D eigenvalue weighted by Gasteiger charge is -2.43.